The molecule has 4 heteroatoms. The van der Waals surface area contributed by atoms with E-state index in [0.717, 1.165) is 18.6 Å². The Morgan fingerprint density at radius 3 is 2.79 bits per heavy atom. The van der Waals surface area contributed by atoms with Crippen LogP contribution < -0.4 is 4.90 Å². The number of hydrogen-bond acceptors (Lipinski definition) is 3. The van der Waals surface area contributed by atoms with E-state index in [2.05, 4.69) is 0 Å². The molecule has 0 amide bonds. The van der Waals surface area contributed by atoms with Crippen LogP contribution in [0.2, 0.25) is 0 Å². The van der Waals surface area contributed by atoms with Gasteiger partial charge in [-0.3, -0.25) is 0 Å². The molecule has 1 fully saturated rings. The fourth-order valence-electron chi connectivity index (χ4n) is 2.18. The van der Waals surface area contributed by atoms with Gasteiger partial charge in [0.15, 0.2) is 0 Å². The van der Waals surface area contributed by atoms with Gasteiger partial charge >= 0.3 is 0 Å². The first kappa shape index (κ1) is 11.8. The van der Waals surface area contributed by atoms with Gasteiger partial charge in [-0.2, -0.15) is 5.26 Å². The molecule has 0 bridgehead atoms. The summed E-state index contributed by atoms with van der Waals surface area (Å²) in [6.07, 6.45) is 3.76. The van der Waals surface area contributed by atoms with E-state index in [4.69, 9.17) is 9.68 Å². The van der Waals surface area contributed by atoms with Crippen LogP contribution in [0.1, 0.15) is 24.2 Å². The SMILES string of the molecule is N#Cc1ccc(N(Cc2ccco2)C2CC2)c(F)c1. The third-order valence-corrected chi connectivity index (χ3v) is 3.28. The van der Waals surface area contributed by atoms with Crippen LogP contribution in [0.4, 0.5) is 10.1 Å². The van der Waals surface area contributed by atoms with Crippen molar-refractivity contribution >= 4 is 5.69 Å². The van der Waals surface area contributed by atoms with E-state index in [1.54, 1.807) is 18.4 Å². The number of rotatable bonds is 4. The molecule has 3 nitrogen and oxygen atoms in total. The molecule has 1 aliphatic rings. The number of nitrogens with zero attached hydrogens (tertiary/aromatic N) is 2. The first-order valence-electron chi connectivity index (χ1n) is 6.26. The number of nitriles is 1. The van der Waals surface area contributed by atoms with Gasteiger partial charge < -0.3 is 9.32 Å². The van der Waals surface area contributed by atoms with E-state index >= 15 is 0 Å². The van der Waals surface area contributed by atoms with Crippen molar-refractivity contribution in [3.63, 3.8) is 0 Å². The predicted octanol–water partition coefficient (Wildman–Crippen LogP) is 3.46. The number of anilines is 1. The number of furan rings is 1. The Hall–Kier alpha value is -2.28. The molecule has 96 valence electrons. The van der Waals surface area contributed by atoms with Crippen molar-refractivity contribution in [3.8, 4) is 6.07 Å². The molecule has 0 saturated heterocycles. The second kappa shape index (κ2) is 4.77. The van der Waals surface area contributed by atoms with Gasteiger partial charge in [-0.1, -0.05) is 0 Å². The van der Waals surface area contributed by atoms with E-state index in [-0.39, 0.29) is 5.82 Å². The summed E-state index contributed by atoms with van der Waals surface area (Å²) in [7, 11) is 0. The molecule has 0 aliphatic heterocycles. The topological polar surface area (TPSA) is 40.2 Å². The lowest BCUT2D eigenvalue weighted by Gasteiger charge is -2.24. The largest absolute Gasteiger partial charge is 0.467 e. The Labute approximate surface area is 110 Å². The van der Waals surface area contributed by atoms with Crippen molar-refractivity contribution in [2.24, 2.45) is 0 Å². The van der Waals surface area contributed by atoms with Gasteiger partial charge in [-0.15, -0.1) is 0 Å². The monoisotopic (exact) mass is 256 g/mol. The van der Waals surface area contributed by atoms with Crippen LogP contribution in [0.25, 0.3) is 0 Å². The molecular formula is C15H13FN2O. The summed E-state index contributed by atoms with van der Waals surface area (Å²) in [6.45, 7) is 0.556. The zero-order valence-corrected chi connectivity index (χ0v) is 10.3. The molecular weight excluding hydrogens is 243 g/mol. The standard InChI is InChI=1S/C15H13FN2O/c16-14-8-11(9-17)3-6-15(14)18(12-4-5-12)10-13-2-1-7-19-13/h1-3,6-8,12H,4-5,10H2. The first-order chi connectivity index (χ1) is 9.28. The summed E-state index contributed by atoms with van der Waals surface area (Å²) in [5.74, 6) is 0.466. The Bertz CT molecular complexity index is 612. The number of benzene rings is 1. The predicted molar refractivity (Wildman–Crippen MR) is 69.0 cm³/mol. The molecule has 3 rings (SSSR count). The molecule has 0 spiro atoms. The molecule has 0 unspecified atom stereocenters. The molecule has 1 saturated carbocycles. The molecule has 0 atom stereocenters. The highest BCUT2D eigenvalue weighted by atomic mass is 19.1. The van der Waals surface area contributed by atoms with Gasteiger partial charge in [0.05, 0.1) is 30.1 Å². The smallest absolute Gasteiger partial charge is 0.147 e. The quantitative estimate of drug-likeness (QED) is 0.841. The lowest BCUT2D eigenvalue weighted by molar-refractivity contribution is 0.498. The van der Waals surface area contributed by atoms with Crippen molar-refractivity contribution in [1.29, 1.82) is 5.26 Å². The van der Waals surface area contributed by atoms with Crippen molar-refractivity contribution in [2.75, 3.05) is 4.90 Å². The normalized spacial score (nSPS) is 14.1. The van der Waals surface area contributed by atoms with E-state index in [9.17, 15) is 4.39 Å². The van der Waals surface area contributed by atoms with Crippen LogP contribution in [0, 0.1) is 17.1 Å². The highest BCUT2D eigenvalue weighted by Gasteiger charge is 2.31. The van der Waals surface area contributed by atoms with Gasteiger partial charge in [0, 0.05) is 6.04 Å². The maximum atomic E-state index is 14.1. The maximum absolute atomic E-state index is 14.1. The zero-order chi connectivity index (χ0) is 13.2. The third kappa shape index (κ3) is 2.45. The highest BCUT2D eigenvalue weighted by Crippen LogP contribution is 2.34. The van der Waals surface area contributed by atoms with Gasteiger partial charge in [0.1, 0.15) is 11.6 Å². The van der Waals surface area contributed by atoms with Gasteiger partial charge in [0.25, 0.3) is 0 Å². The van der Waals surface area contributed by atoms with Crippen LogP contribution in [-0.2, 0) is 6.54 Å². The third-order valence-electron chi connectivity index (χ3n) is 3.28. The fraction of sp³-hybridized carbons (Fsp3) is 0.267. The Balaban J connectivity index is 1.90. The Kier molecular flexibility index (Phi) is 2.96. The van der Waals surface area contributed by atoms with E-state index in [1.165, 1.54) is 6.07 Å². The van der Waals surface area contributed by atoms with Crippen molar-refractivity contribution in [3.05, 3.63) is 53.7 Å². The summed E-state index contributed by atoms with van der Waals surface area (Å²) >= 11 is 0. The van der Waals surface area contributed by atoms with Gasteiger partial charge in [-0.05, 0) is 43.2 Å². The number of hydrogen-bond donors (Lipinski definition) is 0. The molecule has 0 N–H and O–H groups in total. The highest BCUT2D eigenvalue weighted by molar-refractivity contribution is 5.53. The van der Waals surface area contributed by atoms with Crippen molar-refractivity contribution in [2.45, 2.75) is 25.4 Å². The van der Waals surface area contributed by atoms with E-state index < -0.39 is 0 Å². The van der Waals surface area contributed by atoms with Crippen LogP contribution >= 0.6 is 0 Å². The van der Waals surface area contributed by atoms with Crippen LogP contribution in [0.15, 0.2) is 41.0 Å². The fourth-order valence-corrected chi connectivity index (χ4v) is 2.18. The Morgan fingerprint density at radius 2 is 2.21 bits per heavy atom. The summed E-state index contributed by atoms with van der Waals surface area (Å²) in [5.41, 5.74) is 0.882. The lowest BCUT2D eigenvalue weighted by Crippen LogP contribution is -2.25. The lowest BCUT2D eigenvalue weighted by atomic mass is 10.2. The average Bonchev–Trinajstić information content (AvgIpc) is 3.14. The number of halogens is 1. The molecule has 2 aromatic rings. The summed E-state index contributed by atoms with van der Waals surface area (Å²) in [5, 5.41) is 8.78. The van der Waals surface area contributed by atoms with Gasteiger partial charge in [0.2, 0.25) is 0 Å². The van der Waals surface area contributed by atoms with Crippen molar-refractivity contribution < 1.29 is 8.81 Å². The summed E-state index contributed by atoms with van der Waals surface area (Å²) in [4.78, 5) is 2.01. The first-order valence-corrected chi connectivity index (χ1v) is 6.26. The molecule has 1 aromatic heterocycles. The Morgan fingerprint density at radius 1 is 1.37 bits per heavy atom. The molecule has 0 radical (unpaired) electrons. The molecule has 1 aromatic carbocycles. The zero-order valence-electron chi connectivity index (χ0n) is 10.3. The minimum absolute atomic E-state index is 0.343. The summed E-state index contributed by atoms with van der Waals surface area (Å²) in [6, 6.07) is 10.6. The minimum atomic E-state index is -0.350. The van der Waals surface area contributed by atoms with Crippen molar-refractivity contribution in [1.82, 2.24) is 0 Å². The average molecular weight is 256 g/mol. The van der Waals surface area contributed by atoms with Gasteiger partial charge in [-0.25, -0.2) is 4.39 Å². The molecule has 19 heavy (non-hydrogen) atoms. The maximum Gasteiger partial charge on any atom is 0.147 e. The molecule has 1 aliphatic carbocycles. The van der Waals surface area contributed by atoms with Crippen LogP contribution in [0.5, 0.6) is 0 Å². The van der Waals surface area contributed by atoms with E-state index in [1.807, 2.05) is 23.1 Å². The second-order valence-corrected chi connectivity index (χ2v) is 4.72. The minimum Gasteiger partial charge on any atom is -0.467 e. The van der Waals surface area contributed by atoms with Crippen LogP contribution in [-0.4, -0.2) is 6.04 Å². The molecule has 1 heterocycles. The summed E-state index contributed by atoms with van der Waals surface area (Å²) < 4.78 is 19.4. The van der Waals surface area contributed by atoms with Crippen LogP contribution in [0.3, 0.4) is 0 Å². The van der Waals surface area contributed by atoms with E-state index in [0.29, 0.717) is 23.8 Å². The second-order valence-electron chi connectivity index (χ2n) is 4.72.